The number of nitro groups is 1. The Balaban J connectivity index is 2.27. The van der Waals surface area contributed by atoms with Gasteiger partial charge in [-0.3, -0.25) is 14.9 Å². The summed E-state index contributed by atoms with van der Waals surface area (Å²) in [5.41, 5.74) is -0.870. The molecule has 0 aliphatic rings. The van der Waals surface area contributed by atoms with Gasteiger partial charge in [0.05, 0.1) is 4.92 Å². The Bertz CT molecular complexity index is 614. The first-order valence-corrected chi connectivity index (χ1v) is 4.84. The zero-order chi connectivity index (χ0) is 13.3. The van der Waals surface area contributed by atoms with Crippen LogP contribution >= 0.6 is 0 Å². The van der Waals surface area contributed by atoms with Crippen molar-refractivity contribution in [3.05, 3.63) is 33.4 Å². The number of aryl methyl sites for hydroxylation is 2. The van der Waals surface area contributed by atoms with Crippen LogP contribution in [0.4, 0.5) is 11.5 Å². The molecule has 2 heterocycles. The normalized spacial score (nSPS) is 10.3. The monoisotopic (exact) mass is 252 g/mol. The number of carbonyl (C=O) groups is 1. The van der Waals surface area contributed by atoms with Gasteiger partial charge in [-0.2, -0.15) is 0 Å². The SMILES string of the molecule is Cc1cc(NC(=O)c2noc(C)c2[N+](=O)[O-])no1. The molecule has 0 aliphatic carbocycles. The summed E-state index contributed by atoms with van der Waals surface area (Å²) in [6.07, 6.45) is 0. The minimum absolute atomic E-state index is 0.0403. The fraction of sp³-hybridized carbons (Fsp3) is 0.222. The number of anilines is 1. The van der Waals surface area contributed by atoms with Crippen LogP contribution in [0.15, 0.2) is 15.1 Å². The molecule has 2 rings (SSSR count). The highest BCUT2D eigenvalue weighted by Crippen LogP contribution is 2.23. The number of carbonyl (C=O) groups excluding carboxylic acids is 1. The van der Waals surface area contributed by atoms with E-state index in [0.717, 1.165) is 0 Å². The minimum Gasteiger partial charge on any atom is -0.360 e. The average Bonchev–Trinajstić information content (AvgIpc) is 2.84. The summed E-state index contributed by atoms with van der Waals surface area (Å²) in [7, 11) is 0. The van der Waals surface area contributed by atoms with Crippen molar-refractivity contribution in [1.29, 1.82) is 0 Å². The molecule has 9 nitrogen and oxygen atoms in total. The van der Waals surface area contributed by atoms with Crippen molar-refractivity contribution in [2.75, 3.05) is 5.32 Å². The second kappa shape index (κ2) is 4.28. The predicted molar refractivity (Wildman–Crippen MR) is 57.1 cm³/mol. The van der Waals surface area contributed by atoms with Crippen LogP contribution in [0.2, 0.25) is 0 Å². The Kier molecular flexibility index (Phi) is 2.80. The quantitative estimate of drug-likeness (QED) is 0.647. The molecule has 0 saturated heterocycles. The van der Waals surface area contributed by atoms with Crippen LogP contribution in [0.5, 0.6) is 0 Å². The summed E-state index contributed by atoms with van der Waals surface area (Å²) in [5.74, 6) is -0.183. The zero-order valence-electron chi connectivity index (χ0n) is 9.46. The number of nitrogens with one attached hydrogen (secondary N) is 1. The summed E-state index contributed by atoms with van der Waals surface area (Å²) >= 11 is 0. The molecule has 94 valence electrons. The van der Waals surface area contributed by atoms with E-state index in [-0.39, 0.29) is 11.6 Å². The van der Waals surface area contributed by atoms with Gasteiger partial charge in [-0.1, -0.05) is 10.3 Å². The van der Waals surface area contributed by atoms with Gasteiger partial charge < -0.3 is 14.4 Å². The molecule has 0 aromatic carbocycles. The van der Waals surface area contributed by atoms with Gasteiger partial charge in [-0.05, 0) is 6.92 Å². The first-order valence-electron chi connectivity index (χ1n) is 4.84. The molecule has 0 saturated carbocycles. The van der Waals surface area contributed by atoms with Gasteiger partial charge in [0.1, 0.15) is 5.76 Å². The van der Waals surface area contributed by atoms with Crippen LogP contribution in [-0.4, -0.2) is 21.1 Å². The fourth-order valence-electron chi connectivity index (χ4n) is 1.33. The summed E-state index contributed by atoms with van der Waals surface area (Å²) in [6, 6.07) is 1.47. The van der Waals surface area contributed by atoms with Gasteiger partial charge in [0.25, 0.3) is 5.91 Å². The van der Waals surface area contributed by atoms with Crippen molar-refractivity contribution in [3.63, 3.8) is 0 Å². The first-order chi connectivity index (χ1) is 8.49. The van der Waals surface area contributed by atoms with Crippen molar-refractivity contribution in [1.82, 2.24) is 10.3 Å². The molecule has 0 bridgehead atoms. The second-order valence-electron chi connectivity index (χ2n) is 3.47. The number of rotatable bonds is 3. The number of amides is 1. The highest BCUT2D eigenvalue weighted by atomic mass is 16.6. The lowest BCUT2D eigenvalue weighted by Gasteiger charge is -1.95. The van der Waals surface area contributed by atoms with Gasteiger partial charge in [-0.15, -0.1) is 0 Å². The van der Waals surface area contributed by atoms with E-state index in [9.17, 15) is 14.9 Å². The molecule has 0 aliphatic heterocycles. The standard InChI is InChI=1S/C9H8N4O5/c1-4-3-6(11-17-4)10-9(14)7-8(13(15)16)5(2)18-12-7/h3H,1-2H3,(H,10,11,14). The van der Waals surface area contributed by atoms with Crippen molar-refractivity contribution < 1.29 is 18.8 Å². The molecule has 0 radical (unpaired) electrons. The van der Waals surface area contributed by atoms with Crippen LogP contribution in [0, 0.1) is 24.0 Å². The number of hydrogen-bond acceptors (Lipinski definition) is 7. The Morgan fingerprint density at radius 1 is 1.39 bits per heavy atom. The van der Waals surface area contributed by atoms with Gasteiger partial charge in [0.2, 0.25) is 11.5 Å². The molecular weight excluding hydrogens is 244 g/mol. The summed E-state index contributed by atoms with van der Waals surface area (Å²) < 4.78 is 9.37. The third-order valence-corrected chi connectivity index (χ3v) is 2.10. The Morgan fingerprint density at radius 2 is 2.11 bits per heavy atom. The lowest BCUT2D eigenvalue weighted by Crippen LogP contribution is -2.14. The molecule has 2 aromatic heterocycles. The number of hydrogen-bond donors (Lipinski definition) is 1. The molecule has 1 amide bonds. The molecule has 0 atom stereocenters. The fourth-order valence-corrected chi connectivity index (χ4v) is 1.33. The van der Waals surface area contributed by atoms with E-state index in [2.05, 4.69) is 20.2 Å². The van der Waals surface area contributed by atoms with Crippen LogP contribution in [0.3, 0.4) is 0 Å². The van der Waals surface area contributed by atoms with Crippen LogP contribution in [-0.2, 0) is 0 Å². The van der Waals surface area contributed by atoms with Crippen LogP contribution in [0.25, 0.3) is 0 Å². The number of aromatic nitrogens is 2. The van der Waals surface area contributed by atoms with E-state index >= 15 is 0 Å². The average molecular weight is 252 g/mol. The lowest BCUT2D eigenvalue weighted by atomic mass is 10.3. The third-order valence-electron chi connectivity index (χ3n) is 2.10. The maximum atomic E-state index is 11.7. The predicted octanol–water partition coefficient (Wildman–Crippen LogP) is 1.44. The highest BCUT2D eigenvalue weighted by Gasteiger charge is 2.29. The van der Waals surface area contributed by atoms with Gasteiger partial charge in [0.15, 0.2) is 5.82 Å². The maximum Gasteiger partial charge on any atom is 0.344 e. The zero-order valence-corrected chi connectivity index (χ0v) is 9.46. The third kappa shape index (κ3) is 2.05. The van der Waals surface area contributed by atoms with Crippen LogP contribution < -0.4 is 5.32 Å². The summed E-state index contributed by atoms with van der Waals surface area (Å²) in [6.45, 7) is 2.99. The topological polar surface area (TPSA) is 124 Å². The Labute approximate surface area is 99.9 Å². The van der Waals surface area contributed by atoms with Crippen molar-refractivity contribution >= 4 is 17.4 Å². The van der Waals surface area contributed by atoms with Crippen molar-refractivity contribution in [2.45, 2.75) is 13.8 Å². The van der Waals surface area contributed by atoms with Gasteiger partial charge in [-0.25, -0.2) is 0 Å². The van der Waals surface area contributed by atoms with E-state index in [4.69, 9.17) is 4.52 Å². The Morgan fingerprint density at radius 3 is 2.67 bits per heavy atom. The molecular formula is C9H8N4O5. The summed E-state index contributed by atoms with van der Waals surface area (Å²) in [4.78, 5) is 21.8. The van der Waals surface area contributed by atoms with E-state index in [1.165, 1.54) is 13.0 Å². The van der Waals surface area contributed by atoms with E-state index in [1.54, 1.807) is 6.92 Å². The van der Waals surface area contributed by atoms with Crippen LogP contribution in [0.1, 0.15) is 22.0 Å². The first kappa shape index (κ1) is 11.8. The number of nitrogens with zero attached hydrogens (tertiary/aromatic N) is 3. The highest BCUT2D eigenvalue weighted by molar-refractivity contribution is 6.05. The largest absolute Gasteiger partial charge is 0.360 e. The minimum atomic E-state index is -0.785. The molecule has 1 N–H and O–H groups in total. The molecule has 2 aromatic rings. The van der Waals surface area contributed by atoms with E-state index < -0.39 is 22.2 Å². The van der Waals surface area contributed by atoms with Crippen molar-refractivity contribution in [3.8, 4) is 0 Å². The van der Waals surface area contributed by atoms with Gasteiger partial charge in [0, 0.05) is 13.0 Å². The van der Waals surface area contributed by atoms with Crippen molar-refractivity contribution in [2.24, 2.45) is 0 Å². The Hall–Kier alpha value is -2.71. The maximum absolute atomic E-state index is 11.7. The molecule has 0 spiro atoms. The molecule has 18 heavy (non-hydrogen) atoms. The van der Waals surface area contributed by atoms with E-state index in [0.29, 0.717) is 5.76 Å². The molecule has 0 unspecified atom stereocenters. The van der Waals surface area contributed by atoms with E-state index in [1.807, 2.05) is 0 Å². The molecule has 9 heteroatoms. The second-order valence-corrected chi connectivity index (χ2v) is 3.47. The smallest absolute Gasteiger partial charge is 0.344 e. The summed E-state index contributed by atoms with van der Waals surface area (Å²) in [5, 5.41) is 20.0. The lowest BCUT2D eigenvalue weighted by molar-refractivity contribution is -0.386. The van der Waals surface area contributed by atoms with Gasteiger partial charge >= 0.3 is 5.69 Å². The molecule has 0 fully saturated rings.